The molecule has 2 amide bonds. The van der Waals surface area contributed by atoms with E-state index in [9.17, 15) is 14.7 Å². The fourth-order valence-corrected chi connectivity index (χ4v) is 4.00. The summed E-state index contributed by atoms with van der Waals surface area (Å²) in [5.41, 5.74) is 2.76. The minimum absolute atomic E-state index is 0.0199. The first-order chi connectivity index (χ1) is 15.5. The SMILES string of the molecule is CC(=O)Nc1cccc(-c2ccc(OCC(O)CN3CCNC(=O)C3)c3ccccc23)c1. The molecule has 0 aliphatic carbocycles. The molecule has 7 heteroatoms. The van der Waals surface area contributed by atoms with Gasteiger partial charge in [-0.05, 0) is 34.7 Å². The van der Waals surface area contributed by atoms with E-state index in [1.807, 2.05) is 65.6 Å². The Morgan fingerprint density at radius 3 is 2.75 bits per heavy atom. The van der Waals surface area contributed by atoms with Crippen LogP contribution >= 0.6 is 0 Å². The molecule has 1 aliphatic rings. The maximum Gasteiger partial charge on any atom is 0.234 e. The summed E-state index contributed by atoms with van der Waals surface area (Å²) >= 11 is 0. The third-order valence-electron chi connectivity index (χ3n) is 5.40. The highest BCUT2D eigenvalue weighted by molar-refractivity contribution is 6.00. The molecule has 1 aliphatic heterocycles. The van der Waals surface area contributed by atoms with Crippen molar-refractivity contribution in [3.8, 4) is 16.9 Å². The number of β-amino-alcohol motifs (C(OH)–C–C–N with tert-alkyl or cyclic N) is 1. The molecule has 4 rings (SSSR count). The molecule has 32 heavy (non-hydrogen) atoms. The highest BCUT2D eigenvalue weighted by Gasteiger charge is 2.19. The summed E-state index contributed by atoms with van der Waals surface area (Å²) in [7, 11) is 0. The number of carbonyl (C=O) groups is 2. The number of aliphatic hydroxyl groups excluding tert-OH is 1. The van der Waals surface area contributed by atoms with Crippen molar-refractivity contribution in [3.63, 3.8) is 0 Å². The van der Waals surface area contributed by atoms with Gasteiger partial charge in [0.1, 0.15) is 18.5 Å². The van der Waals surface area contributed by atoms with Crippen molar-refractivity contribution in [2.45, 2.75) is 13.0 Å². The Bertz CT molecular complexity index is 1130. The average Bonchev–Trinajstić information content (AvgIpc) is 2.77. The average molecular weight is 434 g/mol. The predicted octanol–water partition coefficient (Wildman–Crippen LogP) is 2.64. The topological polar surface area (TPSA) is 90.9 Å². The first kappa shape index (κ1) is 21.8. The van der Waals surface area contributed by atoms with Crippen LogP contribution in [0.5, 0.6) is 5.75 Å². The van der Waals surface area contributed by atoms with Crippen LogP contribution in [0.3, 0.4) is 0 Å². The van der Waals surface area contributed by atoms with Crippen LogP contribution in [-0.2, 0) is 9.59 Å². The second-order valence-electron chi connectivity index (χ2n) is 7.97. The lowest BCUT2D eigenvalue weighted by atomic mass is 9.97. The number of aliphatic hydroxyl groups is 1. The molecule has 3 aromatic carbocycles. The summed E-state index contributed by atoms with van der Waals surface area (Å²) in [6.07, 6.45) is -0.700. The maximum absolute atomic E-state index is 11.5. The van der Waals surface area contributed by atoms with Crippen molar-refractivity contribution in [1.29, 1.82) is 0 Å². The van der Waals surface area contributed by atoms with E-state index >= 15 is 0 Å². The number of fused-ring (bicyclic) bond motifs is 1. The smallest absolute Gasteiger partial charge is 0.234 e. The second-order valence-corrected chi connectivity index (χ2v) is 7.97. The molecule has 0 saturated carbocycles. The van der Waals surface area contributed by atoms with Gasteiger partial charge in [-0.3, -0.25) is 14.5 Å². The Kier molecular flexibility index (Phi) is 6.68. The van der Waals surface area contributed by atoms with Gasteiger partial charge in [-0.25, -0.2) is 0 Å². The van der Waals surface area contributed by atoms with E-state index in [1.165, 1.54) is 6.92 Å². The second kappa shape index (κ2) is 9.80. The number of benzene rings is 3. The van der Waals surface area contributed by atoms with Crippen molar-refractivity contribution >= 4 is 28.3 Å². The lowest BCUT2D eigenvalue weighted by molar-refractivity contribution is -0.124. The Morgan fingerprint density at radius 2 is 1.97 bits per heavy atom. The van der Waals surface area contributed by atoms with Crippen LogP contribution in [0.1, 0.15) is 6.92 Å². The number of amides is 2. The molecule has 1 unspecified atom stereocenters. The molecule has 0 radical (unpaired) electrons. The maximum atomic E-state index is 11.5. The molecular formula is C25H27N3O4. The lowest BCUT2D eigenvalue weighted by Gasteiger charge is -2.28. The van der Waals surface area contributed by atoms with E-state index < -0.39 is 6.10 Å². The molecule has 1 heterocycles. The van der Waals surface area contributed by atoms with Gasteiger partial charge in [-0.2, -0.15) is 0 Å². The molecule has 0 bridgehead atoms. The number of carbonyl (C=O) groups excluding carboxylic acids is 2. The summed E-state index contributed by atoms with van der Waals surface area (Å²) < 4.78 is 5.98. The van der Waals surface area contributed by atoms with Crippen LogP contribution in [0.2, 0.25) is 0 Å². The van der Waals surface area contributed by atoms with Crippen molar-refractivity contribution in [3.05, 3.63) is 60.7 Å². The first-order valence-corrected chi connectivity index (χ1v) is 10.7. The molecule has 1 fully saturated rings. The number of hydrogen-bond donors (Lipinski definition) is 3. The number of ether oxygens (including phenoxy) is 1. The van der Waals surface area contributed by atoms with Gasteiger partial charge >= 0.3 is 0 Å². The zero-order valence-electron chi connectivity index (χ0n) is 18.0. The van der Waals surface area contributed by atoms with Gasteiger partial charge in [-0.15, -0.1) is 0 Å². The first-order valence-electron chi connectivity index (χ1n) is 10.7. The van der Waals surface area contributed by atoms with E-state index in [0.717, 1.165) is 34.1 Å². The predicted molar refractivity (Wildman–Crippen MR) is 125 cm³/mol. The van der Waals surface area contributed by atoms with E-state index in [-0.39, 0.29) is 18.4 Å². The van der Waals surface area contributed by atoms with Crippen LogP contribution in [0.4, 0.5) is 5.69 Å². The molecule has 3 N–H and O–H groups in total. The Hall–Kier alpha value is -3.42. The fourth-order valence-electron chi connectivity index (χ4n) is 4.00. The number of piperazine rings is 1. The van der Waals surface area contributed by atoms with Gasteiger partial charge in [-0.1, -0.05) is 42.5 Å². The fraction of sp³-hybridized carbons (Fsp3) is 0.280. The van der Waals surface area contributed by atoms with Gasteiger partial charge in [0, 0.05) is 37.6 Å². The molecule has 3 aromatic rings. The summed E-state index contributed by atoms with van der Waals surface area (Å²) in [6.45, 7) is 3.63. The Labute approximate surface area is 187 Å². The van der Waals surface area contributed by atoms with Crippen molar-refractivity contribution < 1.29 is 19.4 Å². The van der Waals surface area contributed by atoms with Gasteiger partial charge in [0.05, 0.1) is 6.54 Å². The monoisotopic (exact) mass is 433 g/mol. The van der Waals surface area contributed by atoms with Gasteiger partial charge in [0.15, 0.2) is 0 Å². The van der Waals surface area contributed by atoms with E-state index in [4.69, 9.17) is 4.74 Å². The zero-order valence-corrected chi connectivity index (χ0v) is 18.0. The number of nitrogens with one attached hydrogen (secondary N) is 2. The summed E-state index contributed by atoms with van der Waals surface area (Å²) in [4.78, 5) is 24.9. The Balaban J connectivity index is 1.52. The molecule has 0 aromatic heterocycles. The van der Waals surface area contributed by atoms with E-state index in [2.05, 4.69) is 10.6 Å². The van der Waals surface area contributed by atoms with E-state index in [0.29, 0.717) is 25.4 Å². The van der Waals surface area contributed by atoms with Crippen molar-refractivity contribution in [1.82, 2.24) is 10.2 Å². The quantitative estimate of drug-likeness (QED) is 0.533. The highest BCUT2D eigenvalue weighted by atomic mass is 16.5. The van der Waals surface area contributed by atoms with Crippen LogP contribution in [0.25, 0.3) is 21.9 Å². The van der Waals surface area contributed by atoms with Crippen LogP contribution < -0.4 is 15.4 Å². The Morgan fingerprint density at radius 1 is 1.16 bits per heavy atom. The third-order valence-corrected chi connectivity index (χ3v) is 5.40. The van der Waals surface area contributed by atoms with Crippen molar-refractivity contribution in [2.75, 3.05) is 38.1 Å². The zero-order chi connectivity index (χ0) is 22.5. The molecule has 0 spiro atoms. The van der Waals surface area contributed by atoms with Crippen LogP contribution in [0, 0.1) is 0 Å². The summed E-state index contributed by atoms with van der Waals surface area (Å²) in [5, 5.41) is 18.0. The normalized spacial score (nSPS) is 15.2. The molecule has 1 atom stereocenters. The lowest BCUT2D eigenvalue weighted by Crippen LogP contribution is -2.50. The number of anilines is 1. The van der Waals surface area contributed by atoms with Gasteiger partial charge in [0.25, 0.3) is 0 Å². The largest absolute Gasteiger partial charge is 0.490 e. The minimum atomic E-state index is -0.700. The molecule has 1 saturated heterocycles. The molecule has 7 nitrogen and oxygen atoms in total. The third kappa shape index (κ3) is 5.25. The van der Waals surface area contributed by atoms with Gasteiger partial charge in [0.2, 0.25) is 11.8 Å². The number of rotatable bonds is 7. The highest BCUT2D eigenvalue weighted by Crippen LogP contribution is 2.35. The summed E-state index contributed by atoms with van der Waals surface area (Å²) in [6, 6.07) is 19.6. The van der Waals surface area contributed by atoms with Crippen LogP contribution in [0.15, 0.2) is 60.7 Å². The van der Waals surface area contributed by atoms with Gasteiger partial charge < -0.3 is 20.5 Å². The van der Waals surface area contributed by atoms with E-state index in [1.54, 1.807) is 0 Å². The molecular weight excluding hydrogens is 406 g/mol. The van der Waals surface area contributed by atoms with Crippen molar-refractivity contribution in [2.24, 2.45) is 0 Å². The van der Waals surface area contributed by atoms with Crippen LogP contribution in [-0.4, -0.2) is 60.7 Å². The minimum Gasteiger partial charge on any atom is -0.490 e. The summed E-state index contributed by atoms with van der Waals surface area (Å²) in [5.74, 6) is 0.561. The molecule has 166 valence electrons. The number of nitrogens with zero attached hydrogens (tertiary/aromatic N) is 1. The number of hydrogen-bond acceptors (Lipinski definition) is 5. The standard InChI is InChI=1S/C25H27N3O4/c1-17(29)27-19-6-4-5-18(13-19)21-9-10-24(23-8-3-2-7-22(21)23)32-16-20(30)14-28-12-11-26-25(31)15-28/h2-10,13,20,30H,11-12,14-16H2,1H3,(H,26,31)(H,27,29).